The molecule has 5 nitrogen and oxygen atoms in total. The number of carbonyl (C=O) groups is 1. The predicted molar refractivity (Wildman–Crippen MR) is 83.6 cm³/mol. The number of rotatable bonds is 3. The molecular formula is C15H16BrN3O2. The van der Waals surface area contributed by atoms with E-state index in [4.69, 9.17) is 4.74 Å². The summed E-state index contributed by atoms with van der Waals surface area (Å²) in [5.74, 6) is -0.109. The van der Waals surface area contributed by atoms with Gasteiger partial charge in [-0.15, -0.1) is 0 Å². The summed E-state index contributed by atoms with van der Waals surface area (Å²) in [6.07, 6.45) is 4.84. The Morgan fingerprint density at radius 2 is 2.05 bits per heavy atom. The normalized spacial score (nSPS) is 17.6. The number of nitrogens with zero attached hydrogens (tertiary/aromatic N) is 2. The zero-order chi connectivity index (χ0) is 14.7. The molecule has 0 unspecified atom stereocenters. The van der Waals surface area contributed by atoms with Gasteiger partial charge in [0.1, 0.15) is 5.52 Å². The van der Waals surface area contributed by atoms with E-state index in [0.29, 0.717) is 29.6 Å². The second-order valence-electron chi connectivity index (χ2n) is 5.21. The quantitative estimate of drug-likeness (QED) is 0.863. The molecule has 1 fully saturated rings. The standard InChI is InChI=1S/C15H16BrN3O2/c16-10-15(4-8-21-9-5-15)19-14(20)11-2-1-3-12-13(11)18-7-6-17-12/h1-3,6-7H,4-5,8-10H2,(H,19,20). The highest BCUT2D eigenvalue weighted by Crippen LogP contribution is 2.24. The van der Waals surface area contributed by atoms with Crippen molar-refractivity contribution in [3.8, 4) is 0 Å². The average molecular weight is 350 g/mol. The minimum atomic E-state index is -0.250. The Bertz CT molecular complexity index is 651. The molecule has 2 aromatic rings. The number of hydrogen-bond donors (Lipinski definition) is 1. The van der Waals surface area contributed by atoms with Gasteiger partial charge in [-0.2, -0.15) is 0 Å². The number of aromatic nitrogens is 2. The molecule has 1 aliphatic rings. The summed E-state index contributed by atoms with van der Waals surface area (Å²) in [5, 5.41) is 3.87. The first-order valence-electron chi connectivity index (χ1n) is 6.90. The topological polar surface area (TPSA) is 64.1 Å². The van der Waals surface area contributed by atoms with Crippen LogP contribution >= 0.6 is 15.9 Å². The number of fused-ring (bicyclic) bond motifs is 1. The lowest BCUT2D eigenvalue weighted by Crippen LogP contribution is -2.53. The van der Waals surface area contributed by atoms with Gasteiger partial charge in [-0.25, -0.2) is 0 Å². The van der Waals surface area contributed by atoms with Crippen molar-refractivity contribution >= 4 is 32.9 Å². The van der Waals surface area contributed by atoms with Gasteiger partial charge in [0.2, 0.25) is 0 Å². The number of nitrogens with one attached hydrogen (secondary N) is 1. The Morgan fingerprint density at radius 1 is 1.29 bits per heavy atom. The van der Waals surface area contributed by atoms with Crippen molar-refractivity contribution in [2.75, 3.05) is 18.5 Å². The lowest BCUT2D eigenvalue weighted by molar-refractivity contribution is 0.0442. The van der Waals surface area contributed by atoms with E-state index in [1.807, 2.05) is 12.1 Å². The van der Waals surface area contributed by atoms with Crippen LogP contribution in [0.1, 0.15) is 23.2 Å². The van der Waals surface area contributed by atoms with Crippen LogP contribution in [0.2, 0.25) is 0 Å². The number of hydrogen-bond acceptors (Lipinski definition) is 4. The van der Waals surface area contributed by atoms with E-state index in [1.54, 1.807) is 18.5 Å². The second-order valence-corrected chi connectivity index (χ2v) is 5.77. The molecule has 0 saturated carbocycles. The Balaban J connectivity index is 1.90. The maximum atomic E-state index is 12.7. The highest BCUT2D eigenvalue weighted by atomic mass is 79.9. The molecule has 2 heterocycles. The minimum Gasteiger partial charge on any atom is -0.381 e. The number of para-hydroxylation sites is 1. The fraction of sp³-hybridized carbons (Fsp3) is 0.400. The molecule has 0 bridgehead atoms. The third-order valence-corrected chi connectivity index (χ3v) is 4.90. The lowest BCUT2D eigenvalue weighted by atomic mass is 9.92. The van der Waals surface area contributed by atoms with E-state index in [-0.39, 0.29) is 11.4 Å². The SMILES string of the molecule is O=C(NC1(CBr)CCOCC1)c1cccc2nccnc12. The first kappa shape index (κ1) is 14.4. The van der Waals surface area contributed by atoms with E-state index in [2.05, 4.69) is 31.2 Å². The summed E-state index contributed by atoms with van der Waals surface area (Å²) in [6.45, 7) is 1.34. The largest absolute Gasteiger partial charge is 0.381 e. The van der Waals surface area contributed by atoms with Crippen LogP contribution in [0, 0.1) is 0 Å². The Hall–Kier alpha value is -1.53. The second kappa shape index (κ2) is 6.07. The predicted octanol–water partition coefficient (Wildman–Crippen LogP) is 2.30. The highest BCUT2D eigenvalue weighted by Gasteiger charge is 2.33. The van der Waals surface area contributed by atoms with Crippen LogP contribution in [0.5, 0.6) is 0 Å². The smallest absolute Gasteiger partial charge is 0.254 e. The Labute approximate surface area is 131 Å². The van der Waals surface area contributed by atoms with Crippen LogP contribution in [0.3, 0.4) is 0 Å². The molecule has 1 aliphatic heterocycles. The van der Waals surface area contributed by atoms with Gasteiger partial charge in [0, 0.05) is 30.9 Å². The third-order valence-electron chi connectivity index (χ3n) is 3.83. The van der Waals surface area contributed by atoms with Crippen molar-refractivity contribution < 1.29 is 9.53 Å². The van der Waals surface area contributed by atoms with E-state index in [1.165, 1.54) is 0 Å². The van der Waals surface area contributed by atoms with Crippen LogP contribution in [-0.2, 0) is 4.74 Å². The Morgan fingerprint density at radius 3 is 2.81 bits per heavy atom. The number of carbonyl (C=O) groups excluding carboxylic acids is 1. The fourth-order valence-corrected chi connectivity index (χ4v) is 3.24. The van der Waals surface area contributed by atoms with Gasteiger partial charge >= 0.3 is 0 Å². The maximum absolute atomic E-state index is 12.7. The van der Waals surface area contributed by atoms with Gasteiger partial charge in [-0.3, -0.25) is 14.8 Å². The highest BCUT2D eigenvalue weighted by molar-refractivity contribution is 9.09. The number of ether oxygens (including phenoxy) is 1. The molecule has 3 rings (SSSR count). The zero-order valence-corrected chi connectivity index (χ0v) is 13.1. The summed E-state index contributed by atoms with van der Waals surface area (Å²) in [7, 11) is 0. The molecule has 1 saturated heterocycles. The average Bonchev–Trinajstić information content (AvgIpc) is 2.55. The molecule has 0 aliphatic carbocycles. The van der Waals surface area contributed by atoms with Gasteiger partial charge in [0.25, 0.3) is 5.91 Å². The van der Waals surface area contributed by atoms with E-state index in [0.717, 1.165) is 18.4 Å². The van der Waals surface area contributed by atoms with Crippen molar-refractivity contribution in [2.45, 2.75) is 18.4 Å². The molecule has 110 valence electrons. The van der Waals surface area contributed by atoms with Crippen molar-refractivity contribution in [3.05, 3.63) is 36.2 Å². The van der Waals surface area contributed by atoms with Crippen molar-refractivity contribution in [3.63, 3.8) is 0 Å². The molecule has 21 heavy (non-hydrogen) atoms. The van der Waals surface area contributed by atoms with Crippen LogP contribution in [0.4, 0.5) is 0 Å². The first-order valence-corrected chi connectivity index (χ1v) is 8.02. The zero-order valence-electron chi connectivity index (χ0n) is 11.5. The molecule has 0 atom stereocenters. The summed E-state index contributed by atoms with van der Waals surface area (Å²) >= 11 is 3.52. The molecule has 1 aromatic heterocycles. The third kappa shape index (κ3) is 2.91. The molecule has 1 amide bonds. The summed E-state index contributed by atoms with van der Waals surface area (Å²) in [4.78, 5) is 21.2. The van der Waals surface area contributed by atoms with E-state index >= 15 is 0 Å². The number of benzene rings is 1. The van der Waals surface area contributed by atoms with Crippen LogP contribution in [-0.4, -0.2) is 40.0 Å². The summed E-state index contributed by atoms with van der Waals surface area (Å²) in [5.41, 5.74) is 1.67. The van der Waals surface area contributed by atoms with Gasteiger partial charge in [-0.1, -0.05) is 22.0 Å². The maximum Gasteiger partial charge on any atom is 0.254 e. The van der Waals surface area contributed by atoms with Crippen molar-refractivity contribution in [1.29, 1.82) is 0 Å². The van der Waals surface area contributed by atoms with Crippen molar-refractivity contribution in [1.82, 2.24) is 15.3 Å². The van der Waals surface area contributed by atoms with E-state index in [9.17, 15) is 4.79 Å². The van der Waals surface area contributed by atoms with E-state index < -0.39 is 0 Å². The fourth-order valence-electron chi connectivity index (χ4n) is 2.54. The first-order chi connectivity index (χ1) is 10.2. The molecule has 0 spiro atoms. The van der Waals surface area contributed by atoms with Gasteiger partial charge in [0.15, 0.2) is 0 Å². The van der Waals surface area contributed by atoms with Gasteiger partial charge in [0.05, 0.1) is 16.6 Å². The monoisotopic (exact) mass is 349 g/mol. The van der Waals surface area contributed by atoms with Crippen molar-refractivity contribution in [2.24, 2.45) is 0 Å². The molecule has 0 radical (unpaired) electrons. The lowest BCUT2D eigenvalue weighted by Gasteiger charge is -2.36. The molecule has 1 N–H and O–H groups in total. The summed E-state index contributed by atoms with van der Waals surface area (Å²) < 4.78 is 5.39. The number of amides is 1. The van der Waals surface area contributed by atoms with Crippen LogP contribution in [0.25, 0.3) is 11.0 Å². The number of halogens is 1. The summed E-state index contributed by atoms with van der Waals surface area (Å²) in [6, 6.07) is 5.47. The van der Waals surface area contributed by atoms with Crippen LogP contribution in [0.15, 0.2) is 30.6 Å². The number of alkyl halides is 1. The molecular weight excluding hydrogens is 334 g/mol. The van der Waals surface area contributed by atoms with Crippen LogP contribution < -0.4 is 5.32 Å². The minimum absolute atomic E-state index is 0.109. The molecule has 1 aromatic carbocycles. The van der Waals surface area contributed by atoms with Gasteiger partial charge < -0.3 is 10.1 Å². The molecule has 6 heteroatoms. The van der Waals surface area contributed by atoms with Gasteiger partial charge in [-0.05, 0) is 25.0 Å². The Kier molecular flexibility index (Phi) is 4.17.